The largest absolute Gasteiger partial charge is 0.456 e. The monoisotopic (exact) mass is 929 g/mol. The minimum absolute atomic E-state index is 0.462. The van der Waals surface area contributed by atoms with Gasteiger partial charge in [-0.1, -0.05) is 218 Å². The fourth-order valence-corrected chi connectivity index (χ4v) is 11.7. The van der Waals surface area contributed by atoms with E-state index in [1.165, 1.54) is 77.5 Å². The van der Waals surface area contributed by atoms with E-state index >= 15 is 0 Å². The number of benzene rings is 12. The smallest absolute Gasteiger partial charge is 0.135 e. The number of nitrogens with zero attached hydrogens (tertiary/aromatic N) is 1. The molecule has 2 heteroatoms. The van der Waals surface area contributed by atoms with Crippen molar-refractivity contribution in [3.8, 4) is 55.6 Å². The van der Waals surface area contributed by atoms with Crippen LogP contribution in [0.3, 0.4) is 0 Å². The number of fused-ring (bicyclic) bond motifs is 7. The van der Waals surface area contributed by atoms with E-state index in [4.69, 9.17) is 4.42 Å². The van der Waals surface area contributed by atoms with Gasteiger partial charge in [-0.05, 0) is 155 Å². The first-order chi connectivity index (χ1) is 36.2. The highest BCUT2D eigenvalue weighted by molar-refractivity contribution is 6.06. The Kier molecular flexibility index (Phi) is 10.1. The van der Waals surface area contributed by atoms with Crippen molar-refractivity contribution in [1.29, 1.82) is 0 Å². The maximum absolute atomic E-state index is 6.18. The number of furan rings is 1. The van der Waals surface area contributed by atoms with Gasteiger partial charge in [0.2, 0.25) is 0 Å². The maximum atomic E-state index is 6.18. The van der Waals surface area contributed by atoms with E-state index in [1.807, 2.05) is 12.1 Å². The highest BCUT2D eigenvalue weighted by Gasteiger charge is 2.46. The summed E-state index contributed by atoms with van der Waals surface area (Å²) in [6.45, 7) is 0. The molecule has 1 heterocycles. The molecule has 0 radical (unpaired) electrons. The lowest BCUT2D eigenvalue weighted by Crippen LogP contribution is -2.28. The van der Waals surface area contributed by atoms with Gasteiger partial charge in [-0.3, -0.25) is 0 Å². The summed E-state index contributed by atoms with van der Waals surface area (Å²) in [4.78, 5) is 2.37. The van der Waals surface area contributed by atoms with Crippen LogP contribution in [0.1, 0.15) is 22.3 Å². The average Bonchev–Trinajstić information content (AvgIpc) is 4.01. The number of rotatable bonds is 9. The summed E-state index contributed by atoms with van der Waals surface area (Å²) in [5, 5.41) is 4.71. The van der Waals surface area contributed by atoms with E-state index < -0.39 is 5.41 Å². The van der Waals surface area contributed by atoms with Crippen LogP contribution in [0.15, 0.2) is 290 Å². The van der Waals surface area contributed by atoms with Crippen molar-refractivity contribution < 1.29 is 4.42 Å². The summed E-state index contributed by atoms with van der Waals surface area (Å²) in [5.74, 6) is 0. The Morgan fingerprint density at radius 3 is 1.33 bits per heavy atom. The molecule has 0 amide bonds. The summed E-state index contributed by atoms with van der Waals surface area (Å²) in [6, 6.07) is 104. The third-order valence-electron chi connectivity index (χ3n) is 15.2. The van der Waals surface area contributed by atoms with Gasteiger partial charge in [0, 0.05) is 27.8 Å². The van der Waals surface area contributed by atoms with Gasteiger partial charge in [-0.25, -0.2) is 0 Å². The van der Waals surface area contributed by atoms with Gasteiger partial charge in [0.1, 0.15) is 11.2 Å². The number of para-hydroxylation sites is 1. The second-order valence-corrected chi connectivity index (χ2v) is 19.2. The highest BCUT2D eigenvalue weighted by atomic mass is 16.3. The molecule has 0 bridgehead atoms. The second kappa shape index (κ2) is 17.4. The van der Waals surface area contributed by atoms with Gasteiger partial charge < -0.3 is 9.32 Å². The molecule has 13 aromatic rings. The number of anilines is 3. The van der Waals surface area contributed by atoms with E-state index in [0.717, 1.165) is 50.1 Å². The molecule has 2 nitrogen and oxygen atoms in total. The first-order valence-electron chi connectivity index (χ1n) is 25.1. The molecule has 0 aliphatic heterocycles. The molecule has 1 aromatic heterocycles. The molecule has 0 atom stereocenters. The lowest BCUT2D eigenvalue weighted by Gasteiger charge is -2.34. The van der Waals surface area contributed by atoms with Crippen molar-refractivity contribution in [3.05, 3.63) is 307 Å². The minimum Gasteiger partial charge on any atom is -0.456 e. The topological polar surface area (TPSA) is 16.4 Å². The lowest BCUT2D eigenvalue weighted by atomic mass is 9.67. The van der Waals surface area contributed by atoms with Crippen LogP contribution in [-0.4, -0.2) is 0 Å². The van der Waals surface area contributed by atoms with Crippen LogP contribution in [-0.2, 0) is 5.41 Å². The molecule has 12 aromatic carbocycles. The van der Waals surface area contributed by atoms with Crippen molar-refractivity contribution in [2.45, 2.75) is 5.41 Å². The molecule has 73 heavy (non-hydrogen) atoms. The van der Waals surface area contributed by atoms with E-state index in [9.17, 15) is 0 Å². The Labute approximate surface area is 425 Å². The Morgan fingerprint density at radius 2 is 0.712 bits per heavy atom. The third-order valence-corrected chi connectivity index (χ3v) is 15.2. The first-order valence-corrected chi connectivity index (χ1v) is 25.1. The van der Waals surface area contributed by atoms with Gasteiger partial charge in [0.25, 0.3) is 0 Å². The SMILES string of the molecule is c1ccc(-c2ccc3cc(-c4ccc(N(c5ccc(-c6ccc7oc8ccccc8c7c6)cc5)c5ccc(-c6cccc7c6-c6ccccc6C7(c6ccccc6)c6ccccc6)cc5)cc4)ccc3c2)cc1. The van der Waals surface area contributed by atoms with Crippen LogP contribution in [0.5, 0.6) is 0 Å². The number of hydrogen-bond acceptors (Lipinski definition) is 2. The molecular weight excluding hydrogens is 883 g/mol. The predicted octanol–water partition coefficient (Wildman–Crippen LogP) is 19.2. The maximum Gasteiger partial charge on any atom is 0.135 e. The molecule has 0 saturated heterocycles. The summed E-state index contributed by atoms with van der Waals surface area (Å²) in [7, 11) is 0. The summed E-state index contributed by atoms with van der Waals surface area (Å²) in [5.41, 5.74) is 21.8. The molecule has 1 aliphatic rings. The molecular formula is C71H47NO. The highest BCUT2D eigenvalue weighted by Crippen LogP contribution is 2.58. The lowest BCUT2D eigenvalue weighted by molar-refractivity contribution is 0.669. The molecule has 0 unspecified atom stereocenters. The van der Waals surface area contributed by atoms with Crippen molar-refractivity contribution in [2.75, 3.05) is 4.90 Å². The van der Waals surface area contributed by atoms with Gasteiger partial charge in [0.05, 0.1) is 5.41 Å². The van der Waals surface area contributed by atoms with Crippen molar-refractivity contribution in [3.63, 3.8) is 0 Å². The van der Waals surface area contributed by atoms with Crippen LogP contribution in [0, 0.1) is 0 Å². The zero-order valence-electron chi connectivity index (χ0n) is 40.0. The quantitative estimate of drug-likeness (QED) is 0.143. The van der Waals surface area contributed by atoms with Crippen molar-refractivity contribution in [2.24, 2.45) is 0 Å². The van der Waals surface area contributed by atoms with Gasteiger partial charge in [0.15, 0.2) is 0 Å². The number of hydrogen-bond donors (Lipinski definition) is 0. The van der Waals surface area contributed by atoms with Crippen molar-refractivity contribution >= 4 is 49.8 Å². The Morgan fingerprint density at radius 1 is 0.274 bits per heavy atom. The molecule has 0 saturated carbocycles. The zero-order valence-corrected chi connectivity index (χ0v) is 40.0. The van der Waals surface area contributed by atoms with E-state index in [2.05, 4.69) is 278 Å². The molecule has 0 N–H and O–H groups in total. The molecule has 0 fully saturated rings. The molecule has 1 aliphatic carbocycles. The molecule has 342 valence electrons. The normalized spacial score (nSPS) is 12.5. The van der Waals surface area contributed by atoms with Crippen molar-refractivity contribution in [1.82, 2.24) is 0 Å². The first kappa shape index (κ1) is 42.4. The fourth-order valence-electron chi connectivity index (χ4n) is 11.7. The zero-order chi connectivity index (χ0) is 48.3. The minimum atomic E-state index is -0.462. The predicted molar refractivity (Wildman–Crippen MR) is 305 cm³/mol. The van der Waals surface area contributed by atoms with Crippen LogP contribution < -0.4 is 4.90 Å². The van der Waals surface area contributed by atoms with E-state index in [0.29, 0.717) is 0 Å². The van der Waals surface area contributed by atoms with Crippen LogP contribution >= 0.6 is 0 Å². The fraction of sp³-hybridized carbons (Fsp3) is 0.0141. The second-order valence-electron chi connectivity index (χ2n) is 19.2. The average molecular weight is 930 g/mol. The van der Waals surface area contributed by atoms with Crippen LogP contribution in [0.4, 0.5) is 17.1 Å². The standard InChI is InChI=1S/C71H47NO/c1-4-15-48(16-5-1)52-27-29-55-46-53(28-30-54(55)45-52)49-31-38-59(39-32-49)72(60-40-33-50(34-41-60)56-37-44-69-65(47-56)63-21-11-13-26-68(63)73-69)61-42-35-51(36-43-61)62-23-14-25-67-70(62)64-22-10-12-24-66(64)71(67,57-17-6-2-7-18-57)58-19-8-3-9-20-58/h1-47H. The van der Waals surface area contributed by atoms with Gasteiger partial charge >= 0.3 is 0 Å². The van der Waals surface area contributed by atoms with E-state index in [1.54, 1.807) is 0 Å². The van der Waals surface area contributed by atoms with Gasteiger partial charge in [-0.2, -0.15) is 0 Å². The van der Waals surface area contributed by atoms with E-state index in [-0.39, 0.29) is 0 Å². The summed E-state index contributed by atoms with van der Waals surface area (Å²) < 4.78 is 6.18. The van der Waals surface area contributed by atoms with Gasteiger partial charge in [-0.15, -0.1) is 0 Å². The molecule has 0 spiro atoms. The summed E-state index contributed by atoms with van der Waals surface area (Å²) in [6.07, 6.45) is 0. The Balaban J connectivity index is 0.854. The Hall–Kier alpha value is -9.50. The van der Waals surface area contributed by atoms with Crippen LogP contribution in [0.2, 0.25) is 0 Å². The van der Waals surface area contributed by atoms with Crippen LogP contribution in [0.25, 0.3) is 88.3 Å². The summed E-state index contributed by atoms with van der Waals surface area (Å²) >= 11 is 0. The third kappa shape index (κ3) is 7.10. The molecule has 14 rings (SSSR count). The Bertz CT molecular complexity index is 4120.